The average Bonchev–Trinajstić information content (AvgIpc) is 2.53. The van der Waals surface area contributed by atoms with Crippen LogP contribution in [0.4, 0.5) is 0 Å². The molecule has 0 saturated heterocycles. The molecule has 1 aromatic carbocycles. The predicted molar refractivity (Wildman–Crippen MR) is 82.7 cm³/mol. The normalized spacial score (nSPS) is 11.8. The molecule has 5 heteroatoms. The van der Waals surface area contributed by atoms with Gasteiger partial charge in [0.25, 0.3) is 5.91 Å². The van der Waals surface area contributed by atoms with E-state index in [-0.39, 0.29) is 11.9 Å². The van der Waals surface area contributed by atoms with E-state index >= 15 is 0 Å². The molecule has 0 bridgehead atoms. The van der Waals surface area contributed by atoms with Crippen LogP contribution in [-0.4, -0.2) is 29.9 Å². The van der Waals surface area contributed by atoms with E-state index in [0.717, 1.165) is 11.3 Å². The van der Waals surface area contributed by atoms with Gasteiger partial charge < -0.3 is 9.64 Å². The average molecular weight is 305 g/mol. The molecule has 0 saturated carbocycles. The zero-order valence-corrected chi connectivity index (χ0v) is 13.0. The standard InChI is InChI=1S/C16H17ClN2O2/c1-11(12-6-4-5-7-15(12)21-3)19(2)16(20)13-10-18-9-8-14(13)17/h4-11H,1-3H3. The molecule has 2 aromatic rings. The Hall–Kier alpha value is -2.07. The molecule has 1 amide bonds. The Labute approximate surface area is 129 Å². The van der Waals surface area contributed by atoms with Crippen LogP contribution >= 0.6 is 11.6 Å². The van der Waals surface area contributed by atoms with Gasteiger partial charge in [-0.05, 0) is 19.1 Å². The molecule has 0 N–H and O–H groups in total. The second kappa shape index (κ2) is 6.59. The van der Waals surface area contributed by atoms with E-state index in [1.165, 1.54) is 6.20 Å². The Morgan fingerprint density at radius 1 is 1.33 bits per heavy atom. The van der Waals surface area contributed by atoms with Crippen LogP contribution < -0.4 is 4.74 Å². The number of pyridine rings is 1. The quantitative estimate of drug-likeness (QED) is 0.867. The Morgan fingerprint density at radius 3 is 2.71 bits per heavy atom. The summed E-state index contributed by atoms with van der Waals surface area (Å²) in [6, 6.07) is 9.10. The predicted octanol–water partition coefficient (Wildman–Crippen LogP) is 3.58. The number of carbonyl (C=O) groups is 1. The van der Waals surface area contributed by atoms with Crippen LogP contribution in [0.15, 0.2) is 42.7 Å². The fourth-order valence-corrected chi connectivity index (χ4v) is 2.31. The maximum atomic E-state index is 12.5. The third-order valence-corrected chi connectivity index (χ3v) is 3.82. The van der Waals surface area contributed by atoms with Crippen molar-refractivity contribution >= 4 is 17.5 Å². The number of hydrogen-bond donors (Lipinski definition) is 0. The number of methoxy groups -OCH3 is 1. The number of rotatable bonds is 4. The summed E-state index contributed by atoms with van der Waals surface area (Å²) in [5.41, 5.74) is 1.33. The number of benzene rings is 1. The number of halogens is 1. The van der Waals surface area contributed by atoms with Crippen molar-refractivity contribution in [2.45, 2.75) is 13.0 Å². The van der Waals surface area contributed by atoms with Crippen LogP contribution in [0.2, 0.25) is 5.02 Å². The van der Waals surface area contributed by atoms with Crippen molar-refractivity contribution in [2.24, 2.45) is 0 Å². The van der Waals surface area contributed by atoms with E-state index < -0.39 is 0 Å². The summed E-state index contributed by atoms with van der Waals surface area (Å²) in [6.45, 7) is 1.94. The van der Waals surface area contributed by atoms with Crippen LogP contribution in [0, 0.1) is 0 Å². The molecule has 4 nitrogen and oxygen atoms in total. The highest BCUT2D eigenvalue weighted by atomic mass is 35.5. The molecular weight excluding hydrogens is 288 g/mol. The highest BCUT2D eigenvalue weighted by molar-refractivity contribution is 6.33. The van der Waals surface area contributed by atoms with Gasteiger partial charge in [-0.25, -0.2) is 0 Å². The number of hydrogen-bond acceptors (Lipinski definition) is 3. The minimum atomic E-state index is -0.175. The van der Waals surface area contributed by atoms with E-state index in [4.69, 9.17) is 16.3 Å². The first-order chi connectivity index (χ1) is 10.1. The van der Waals surface area contributed by atoms with Gasteiger partial charge in [-0.15, -0.1) is 0 Å². The number of para-hydroxylation sites is 1. The number of ether oxygens (including phenoxy) is 1. The van der Waals surface area contributed by atoms with Crippen molar-refractivity contribution in [3.63, 3.8) is 0 Å². The highest BCUT2D eigenvalue weighted by Crippen LogP contribution is 2.29. The van der Waals surface area contributed by atoms with E-state index in [1.54, 1.807) is 31.3 Å². The zero-order chi connectivity index (χ0) is 15.4. The topological polar surface area (TPSA) is 42.4 Å². The molecule has 21 heavy (non-hydrogen) atoms. The minimum Gasteiger partial charge on any atom is -0.496 e. The van der Waals surface area contributed by atoms with Gasteiger partial charge in [0.1, 0.15) is 5.75 Å². The van der Waals surface area contributed by atoms with Crippen molar-refractivity contribution in [2.75, 3.05) is 14.2 Å². The van der Waals surface area contributed by atoms with E-state index in [9.17, 15) is 4.79 Å². The molecule has 1 heterocycles. The summed E-state index contributed by atoms with van der Waals surface area (Å²) in [6.07, 6.45) is 3.04. The van der Waals surface area contributed by atoms with Gasteiger partial charge in [0, 0.05) is 25.0 Å². The van der Waals surface area contributed by atoms with Crippen LogP contribution in [0.25, 0.3) is 0 Å². The first kappa shape index (κ1) is 15.3. The molecule has 2 rings (SSSR count). The molecule has 1 atom stereocenters. The summed E-state index contributed by atoms with van der Waals surface area (Å²) in [7, 11) is 3.36. The molecule has 0 aliphatic heterocycles. The van der Waals surface area contributed by atoms with Crippen molar-refractivity contribution in [3.8, 4) is 5.75 Å². The van der Waals surface area contributed by atoms with Gasteiger partial charge in [0.2, 0.25) is 0 Å². The first-order valence-corrected chi connectivity index (χ1v) is 6.93. The van der Waals surface area contributed by atoms with Gasteiger partial charge in [0.05, 0.1) is 23.7 Å². The minimum absolute atomic E-state index is 0.148. The lowest BCUT2D eigenvalue weighted by Gasteiger charge is -2.26. The maximum Gasteiger partial charge on any atom is 0.257 e. The Bertz CT molecular complexity index is 646. The Morgan fingerprint density at radius 2 is 2.05 bits per heavy atom. The largest absolute Gasteiger partial charge is 0.496 e. The van der Waals surface area contributed by atoms with Gasteiger partial charge in [-0.1, -0.05) is 29.8 Å². The first-order valence-electron chi connectivity index (χ1n) is 6.55. The SMILES string of the molecule is COc1ccccc1C(C)N(C)C(=O)c1cnccc1Cl. The lowest BCUT2D eigenvalue weighted by atomic mass is 10.1. The zero-order valence-electron chi connectivity index (χ0n) is 12.2. The molecular formula is C16H17ClN2O2. The van der Waals surface area contributed by atoms with Crippen molar-refractivity contribution in [1.82, 2.24) is 9.88 Å². The summed E-state index contributed by atoms with van der Waals surface area (Å²) >= 11 is 6.06. The molecule has 0 aliphatic rings. The second-order valence-corrected chi connectivity index (χ2v) is 5.10. The fraction of sp³-hybridized carbons (Fsp3) is 0.250. The van der Waals surface area contributed by atoms with Crippen LogP contribution in [-0.2, 0) is 0 Å². The number of aromatic nitrogens is 1. The van der Waals surface area contributed by atoms with Crippen LogP contribution in [0.5, 0.6) is 5.75 Å². The summed E-state index contributed by atoms with van der Waals surface area (Å²) in [5.74, 6) is 0.577. The molecule has 0 aliphatic carbocycles. The lowest BCUT2D eigenvalue weighted by Crippen LogP contribution is -2.30. The Balaban J connectivity index is 2.29. The summed E-state index contributed by atoms with van der Waals surface area (Å²) < 4.78 is 5.35. The molecule has 0 spiro atoms. The number of amides is 1. The van der Waals surface area contributed by atoms with E-state index in [2.05, 4.69) is 4.98 Å². The summed E-state index contributed by atoms with van der Waals surface area (Å²) in [4.78, 5) is 18.1. The van der Waals surface area contributed by atoms with Gasteiger partial charge >= 0.3 is 0 Å². The van der Waals surface area contributed by atoms with Crippen molar-refractivity contribution in [1.29, 1.82) is 0 Å². The molecule has 1 aromatic heterocycles. The molecule has 1 unspecified atom stereocenters. The van der Waals surface area contributed by atoms with Gasteiger partial charge in [-0.2, -0.15) is 0 Å². The fourth-order valence-electron chi connectivity index (χ4n) is 2.12. The van der Waals surface area contributed by atoms with E-state index in [0.29, 0.717) is 10.6 Å². The van der Waals surface area contributed by atoms with Gasteiger partial charge in [-0.3, -0.25) is 9.78 Å². The summed E-state index contributed by atoms with van der Waals surface area (Å²) in [5, 5.41) is 0.397. The monoisotopic (exact) mass is 304 g/mol. The van der Waals surface area contributed by atoms with Gasteiger partial charge in [0.15, 0.2) is 0 Å². The molecule has 110 valence electrons. The van der Waals surface area contributed by atoms with Crippen LogP contribution in [0.1, 0.15) is 28.9 Å². The smallest absolute Gasteiger partial charge is 0.257 e. The molecule has 0 radical (unpaired) electrons. The number of carbonyl (C=O) groups excluding carboxylic acids is 1. The third-order valence-electron chi connectivity index (χ3n) is 3.49. The van der Waals surface area contributed by atoms with Crippen LogP contribution in [0.3, 0.4) is 0 Å². The van der Waals surface area contributed by atoms with Crippen molar-refractivity contribution < 1.29 is 9.53 Å². The van der Waals surface area contributed by atoms with Crippen molar-refractivity contribution in [3.05, 3.63) is 58.9 Å². The Kier molecular flexibility index (Phi) is 4.81. The second-order valence-electron chi connectivity index (χ2n) is 4.69. The number of nitrogens with zero attached hydrogens (tertiary/aromatic N) is 2. The maximum absolute atomic E-state index is 12.5. The third kappa shape index (κ3) is 3.16. The van der Waals surface area contributed by atoms with E-state index in [1.807, 2.05) is 31.2 Å². The molecule has 0 fully saturated rings. The lowest BCUT2D eigenvalue weighted by molar-refractivity contribution is 0.0741. The highest BCUT2D eigenvalue weighted by Gasteiger charge is 2.22.